The van der Waals surface area contributed by atoms with Gasteiger partial charge in [-0.05, 0) is 32.6 Å². The van der Waals surface area contributed by atoms with E-state index >= 15 is 0 Å². The molecule has 0 radical (unpaired) electrons. The van der Waals surface area contributed by atoms with Crippen molar-refractivity contribution >= 4 is 11.9 Å². The average molecular weight is 257 g/mol. The standard InChI is InChI=1S/C13H23NO4/c1-13(2,18-3)12(17)14-10(11(15)16)9-7-5-4-6-8-9/h9-10H,4-8H2,1-3H3,(H,14,17)(H,15,16). The Morgan fingerprint density at radius 2 is 1.83 bits per heavy atom. The monoisotopic (exact) mass is 257 g/mol. The normalized spacial score (nSPS) is 19.3. The highest BCUT2D eigenvalue weighted by molar-refractivity contribution is 5.88. The third kappa shape index (κ3) is 3.70. The van der Waals surface area contributed by atoms with Crippen LogP contribution in [0.5, 0.6) is 0 Å². The third-order valence-corrected chi connectivity index (χ3v) is 3.73. The van der Waals surface area contributed by atoms with Crippen LogP contribution in [0.4, 0.5) is 0 Å². The number of carboxylic acids is 1. The molecule has 1 atom stereocenters. The van der Waals surface area contributed by atoms with E-state index in [1.165, 1.54) is 7.11 Å². The van der Waals surface area contributed by atoms with Crippen molar-refractivity contribution in [3.8, 4) is 0 Å². The molecule has 0 bridgehead atoms. The van der Waals surface area contributed by atoms with Crippen molar-refractivity contribution in [2.24, 2.45) is 5.92 Å². The first kappa shape index (κ1) is 15.0. The number of hydrogen-bond donors (Lipinski definition) is 2. The molecule has 1 saturated carbocycles. The highest BCUT2D eigenvalue weighted by Gasteiger charge is 2.35. The molecule has 2 N–H and O–H groups in total. The summed E-state index contributed by atoms with van der Waals surface area (Å²) in [5.74, 6) is -1.29. The van der Waals surface area contributed by atoms with E-state index in [0.717, 1.165) is 32.1 Å². The Hall–Kier alpha value is -1.10. The van der Waals surface area contributed by atoms with E-state index in [9.17, 15) is 14.7 Å². The molecule has 0 aromatic heterocycles. The minimum Gasteiger partial charge on any atom is -0.480 e. The molecule has 1 aliphatic rings. The van der Waals surface area contributed by atoms with Crippen molar-refractivity contribution in [2.45, 2.75) is 57.6 Å². The molecule has 1 fully saturated rings. The lowest BCUT2D eigenvalue weighted by Gasteiger charge is -2.30. The zero-order valence-electron chi connectivity index (χ0n) is 11.4. The predicted octanol–water partition coefficient (Wildman–Crippen LogP) is 1.56. The van der Waals surface area contributed by atoms with Gasteiger partial charge in [0.25, 0.3) is 5.91 Å². The zero-order chi connectivity index (χ0) is 13.8. The lowest BCUT2D eigenvalue weighted by atomic mass is 9.83. The van der Waals surface area contributed by atoms with Gasteiger partial charge in [0.1, 0.15) is 11.6 Å². The van der Waals surface area contributed by atoms with Crippen LogP contribution in [-0.2, 0) is 14.3 Å². The van der Waals surface area contributed by atoms with Gasteiger partial charge in [0.05, 0.1) is 0 Å². The van der Waals surface area contributed by atoms with E-state index in [-0.39, 0.29) is 11.8 Å². The van der Waals surface area contributed by atoms with Gasteiger partial charge >= 0.3 is 5.97 Å². The Balaban J connectivity index is 2.68. The molecule has 1 unspecified atom stereocenters. The van der Waals surface area contributed by atoms with Crippen molar-refractivity contribution < 1.29 is 19.4 Å². The van der Waals surface area contributed by atoms with E-state index in [4.69, 9.17) is 4.74 Å². The summed E-state index contributed by atoms with van der Waals surface area (Å²) in [5, 5.41) is 11.9. The summed E-state index contributed by atoms with van der Waals surface area (Å²) in [5.41, 5.74) is -0.998. The van der Waals surface area contributed by atoms with Crippen molar-refractivity contribution in [3.05, 3.63) is 0 Å². The molecule has 0 spiro atoms. The second kappa shape index (κ2) is 6.18. The van der Waals surface area contributed by atoms with Crippen molar-refractivity contribution in [3.63, 3.8) is 0 Å². The lowest BCUT2D eigenvalue weighted by molar-refractivity contribution is -0.149. The first-order valence-corrected chi connectivity index (χ1v) is 6.47. The van der Waals surface area contributed by atoms with E-state index < -0.39 is 17.6 Å². The minimum absolute atomic E-state index is 0.0351. The fourth-order valence-electron chi connectivity index (χ4n) is 2.26. The molecule has 104 valence electrons. The molecule has 0 aromatic carbocycles. The largest absolute Gasteiger partial charge is 0.480 e. The number of aliphatic carboxylic acids is 1. The van der Waals surface area contributed by atoms with Crippen molar-refractivity contribution in [1.29, 1.82) is 0 Å². The van der Waals surface area contributed by atoms with Gasteiger partial charge in [0, 0.05) is 7.11 Å². The Morgan fingerprint density at radius 1 is 1.28 bits per heavy atom. The zero-order valence-corrected chi connectivity index (χ0v) is 11.4. The maximum Gasteiger partial charge on any atom is 0.326 e. The number of rotatable bonds is 5. The third-order valence-electron chi connectivity index (χ3n) is 3.73. The number of hydrogen-bond acceptors (Lipinski definition) is 3. The summed E-state index contributed by atoms with van der Waals surface area (Å²) < 4.78 is 5.06. The number of carbonyl (C=O) groups is 2. The van der Waals surface area contributed by atoms with Crippen LogP contribution in [0, 0.1) is 5.92 Å². The maximum atomic E-state index is 12.0. The fraction of sp³-hybridized carbons (Fsp3) is 0.846. The Labute approximate surface area is 108 Å². The maximum absolute atomic E-state index is 12.0. The highest BCUT2D eigenvalue weighted by Crippen LogP contribution is 2.27. The first-order valence-electron chi connectivity index (χ1n) is 6.47. The van der Waals surface area contributed by atoms with Crippen LogP contribution in [0.1, 0.15) is 46.0 Å². The topological polar surface area (TPSA) is 75.6 Å². The molecular formula is C13H23NO4. The smallest absolute Gasteiger partial charge is 0.326 e. The Kier molecular flexibility index (Phi) is 5.14. The molecule has 18 heavy (non-hydrogen) atoms. The summed E-state index contributed by atoms with van der Waals surface area (Å²) in [4.78, 5) is 23.2. The van der Waals surface area contributed by atoms with E-state index in [2.05, 4.69) is 5.32 Å². The quantitative estimate of drug-likeness (QED) is 0.783. The van der Waals surface area contributed by atoms with Crippen LogP contribution in [-0.4, -0.2) is 35.7 Å². The highest BCUT2D eigenvalue weighted by atomic mass is 16.5. The van der Waals surface area contributed by atoms with Crippen molar-refractivity contribution in [1.82, 2.24) is 5.32 Å². The summed E-state index contributed by atoms with van der Waals surface area (Å²) in [6.07, 6.45) is 4.96. The van der Waals surface area contributed by atoms with Crippen LogP contribution in [0.3, 0.4) is 0 Å². The second-order valence-corrected chi connectivity index (χ2v) is 5.40. The summed E-state index contributed by atoms with van der Waals surface area (Å²) >= 11 is 0. The van der Waals surface area contributed by atoms with Crippen LogP contribution in [0.15, 0.2) is 0 Å². The summed E-state index contributed by atoms with van der Waals surface area (Å²) in [7, 11) is 1.44. The van der Waals surface area contributed by atoms with Gasteiger partial charge in [0.2, 0.25) is 0 Å². The lowest BCUT2D eigenvalue weighted by Crippen LogP contribution is -2.53. The molecule has 1 aliphatic carbocycles. The molecule has 0 aliphatic heterocycles. The molecule has 0 aromatic rings. The summed E-state index contributed by atoms with van der Waals surface area (Å²) in [6, 6.07) is -0.799. The van der Waals surface area contributed by atoms with E-state index in [1.807, 2.05) is 0 Å². The Bertz CT molecular complexity index is 308. The number of ether oxygens (including phenoxy) is 1. The molecule has 1 amide bonds. The van der Waals surface area contributed by atoms with E-state index in [1.54, 1.807) is 13.8 Å². The second-order valence-electron chi connectivity index (χ2n) is 5.40. The molecule has 5 nitrogen and oxygen atoms in total. The number of carbonyl (C=O) groups excluding carboxylic acids is 1. The number of amides is 1. The van der Waals surface area contributed by atoms with Gasteiger partial charge in [-0.3, -0.25) is 4.79 Å². The van der Waals surface area contributed by atoms with Crippen LogP contribution >= 0.6 is 0 Å². The van der Waals surface area contributed by atoms with Gasteiger partial charge in [-0.15, -0.1) is 0 Å². The molecule has 1 rings (SSSR count). The predicted molar refractivity (Wildman–Crippen MR) is 67.2 cm³/mol. The number of nitrogens with one attached hydrogen (secondary N) is 1. The van der Waals surface area contributed by atoms with Gasteiger partial charge in [-0.2, -0.15) is 0 Å². The first-order chi connectivity index (χ1) is 8.38. The van der Waals surface area contributed by atoms with Crippen LogP contribution in [0.25, 0.3) is 0 Å². The molecular weight excluding hydrogens is 234 g/mol. The molecule has 5 heteroatoms. The van der Waals surface area contributed by atoms with Crippen molar-refractivity contribution in [2.75, 3.05) is 7.11 Å². The van der Waals surface area contributed by atoms with Crippen LogP contribution in [0.2, 0.25) is 0 Å². The fourth-order valence-corrected chi connectivity index (χ4v) is 2.26. The average Bonchev–Trinajstić information content (AvgIpc) is 2.36. The minimum atomic E-state index is -0.998. The Morgan fingerprint density at radius 3 is 2.28 bits per heavy atom. The number of carboxylic acid groups (broad SMARTS) is 1. The van der Waals surface area contributed by atoms with E-state index in [0.29, 0.717) is 0 Å². The molecule has 0 saturated heterocycles. The van der Waals surface area contributed by atoms with Gasteiger partial charge in [-0.25, -0.2) is 4.79 Å². The van der Waals surface area contributed by atoms with Gasteiger partial charge in [0.15, 0.2) is 0 Å². The van der Waals surface area contributed by atoms with Crippen LogP contribution < -0.4 is 5.32 Å². The van der Waals surface area contributed by atoms with Gasteiger partial charge < -0.3 is 15.2 Å². The summed E-state index contributed by atoms with van der Waals surface area (Å²) in [6.45, 7) is 3.25. The van der Waals surface area contributed by atoms with Gasteiger partial charge in [-0.1, -0.05) is 19.3 Å². The molecule has 0 heterocycles. The SMILES string of the molecule is COC(C)(C)C(=O)NC(C(=O)O)C1CCCCC1. The number of methoxy groups -OCH3 is 1.